The van der Waals surface area contributed by atoms with E-state index in [4.69, 9.17) is 0 Å². The third-order valence-corrected chi connectivity index (χ3v) is 3.58. The van der Waals surface area contributed by atoms with Crippen LogP contribution in [0.25, 0.3) is 0 Å². The van der Waals surface area contributed by atoms with Crippen molar-refractivity contribution in [1.82, 2.24) is 5.32 Å². The molecule has 0 spiro atoms. The maximum Gasteiger partial charge on any atom is 0.253 e. The second-order valence-corrected chi connectivity index (χ2v) is 5.18. The molecule has 2 rings (SSSR count). The summed E-state index contributed by atoms with van der Waals surface area (Å²) in [5.41, 5.74) is 1.66. The molecule has 0 aliphatic heterocycles. The highest BCUT2D eigenvalue weighted by molar-refractivity contribution is 7.07. The van der Waals surface area contributed by atoms with Gasteiger partial charge in [0.1, 0.15) is 5.82 Å². The average molecular weight is 292 g/mol. The van der Waals surface area contributed by atoms with Crippen LogP contribution in [-0.4, -0.2) is 12.5 Å². The van der Waals surface area contributed by atoms with Gasteiger partial charge >= 0.3 is 0 Å². The first-order valence-electron chi connectivity index (χ1n) is 6.54. The molecule has 3 nitrogen and oxygen atoms in total. The molecule has 2 N–H and O–H groups in total. The fourth-order valence-corrected chi connectivity index (χ4v) is 2.48. The van der Waals surface area contributed by atoms with Crippen LogP contribution in [0.15, 0.2) is 35.0 Å². The van der Waals surface area contributed by atoms with Crippen molar-refractivity contribution in [3.8, 4) is 0 Å². The van der Waals surface area contributed by atoms with Crippen LogP contribution < -0.4 is 10.6 Å². The summed E-state index contributed by atoms with van der Waals surface area (Å²) in [5, 5.41) is 9.71. The van der Waals surface area contributed by atoms with Crippen molar-refractivity contribution in [3.63, 3.8) is 0 Å². The summed E-state index contributed by atoms with van der Waals surface area (Å²) in [5.74, 6) is -0.670. The molecule has 0 unspecified atom stereocenters. The molecule has 0 fully saturated rings. The first kappa shape index (κ1) is 14.5. The topological polar surface area (TPSA) is 41.1 Å². The summed E-state index contributed by atoms with van der Waals surface area (Å²) in [6, 6.07) is 6.48. The summed E-state index contributed by atoms with van der Waals surface area (Å²) < 4.78 is 13.8. The van der Waals surface area contributed by atoms with Crippen LogP contribution in [0.5, 0.6) is 0 Å². The molecule has 0 radical (unpaired) electrons. The van der Waals surface area contributed by atoms with Crippen LogP contribution in [0.3, 0.4) is 0 Å². The molecule has 1 amide bonds. The van der Waals surface area contributed by atoms with Gasteiger partial charge in [-0.25, -0.2) is 4.39 Å². The fraction of sp³-hybridized carbons (Fsp3) is 0.267. The highest BCUT2D eigenvalue weighted by Crippen LogP contribution is 2.20. The second kappa shape index (κ2) is 7.05. The zero-order valence-electron chi connectivity index (χ0n) is 11.3. The average Bonchev–Trinajstić information content (AvgIpc) is 2.96. The number of carbonyl (C=O) groups is 1. The van der Waals surface area contributed by atoms with Gasteiger partial charge in [0.15, 0.2) is 0 Å². The predicted molar refractivity (Wildman–Crippen MR) is 80.7 cm³/mol. The minimum Gasteiger partial charge on any atom is -0.382 e. The summed E-state index contributed by atoms with van der Waals surface area (Å²) in [6.45, 7) is 3.07. The lowest BCUT2D eigenvalue weighted by Gasteiger charge is -2.12. The molecule has 106 valence electrons. The number of nitrogens with one attached hydrogen (secondary N) is 2. The summed E-state index contributed by atoms with van der Waals surface area (Å²) in [7, 11) is 0. The molecule has 1 aromatic heterocycles. The minimum atomic E-state index is -0.401. The Bertz CT molecular complexity index is 569. The Morgan fingerprint density at radius 3 is 2.90 bits per heavy atom. The zero-order valence-corrected chi connectivity index (χ0v) is 12.1. The van der Waals surface area contributed by atoms with Crippen LogP contribution in [0, 0.1) is 5.82 Å². The molecule has 0 saturated heterocycles. The summed E-state index contributed by atoms with van der Waals surface area (Å²) in [6.07, 6.45) is 0.865. The second-order valence-electron chi connectivity index (χ2n) is 4.40. The van der Waals surface area contributed by atoms with E-state index in [-0.39, 0.29) is 11.6 Å². The molecule has 1 aromatic carbocycles. The van der Waals surface area contributed by atoms with Crippen LogP contribution in [0.4, 0.5) is 10.1 Å². The molecular weight excluding hydrogens is 275 g/mol. The van der Waals surface area contributed by atoms with Crippen LogP contribution in [-0.2, 0) is 6.54 Å². The Kier molecular flexibility index (Phi) is 5.12. The van der Waals surface area contributed by atoms with Gasteiger partial charge in [0.05, 0.1) is 11.3 Å². The van der Waals surface area contributed by atoms with Gasteiger partial charge in [-0.15, -0.1) is 0 Å². The zero-order chi connectivity index (χ0) is 14.4. The van der Waals surface area contributed by atoms with Gasteiger partial charge in [0.25, 0.3) is 5.91 Å². The predicted octanol–water partition coefficient (Wildman–Crippen LogP) is 3.64. The van der Waals surface area contributed by atoms with Crippen molar-refractivity contribution >= 4 is 22.9 Å². The Morgan fingerprint density at radius 2 is 2.20 bits per heavy atom. The lowest BCUT2D eigenvalue weighted by atomic mass is 10.1. The third kappa shape index (κ3) is 3.57. The standard InChI is InChI=1S/C15H17FN2OS/c1-2-7-17-14-12(4-3-5-13(14)16)15(19)18-9-11-6-8-20-10-11/h3-6,8,10,17H,2,7,9H2,1H3,(H,18,19). The Hall–Kier alpha value is -1.88. The van der Waals surface area contributed by atoms with Crippen molar-refractivity contribution in [1.29, 1.82) is 0 Å². The number of rotatable bonds is 6. The van der Waals surface area contributed by atoms with Crippen molar-refractivity contribution in [3.05, 3.63) is 52.0 Å². The van der Waals surface area contributed by atoms with E-state index in [0.29, 0.717) is 18.7 Å². The molecule has 0 aliphatic rings. The van der Waals surface area contributed by atoms with Gasteiger partial charge < -0.3 is 10.6 Å². The van der Waals surface area contributed by atoms with Gasteiger partial charge in [-0.1, -0.05) is 13.0 Å². The van der Waals surface area contributed by atoms with Gasteiger partial charge in [-0.2, -0.15) is 11.3 Å². The highest BCUT2D eigenvalue weighted by atomic mass is 32.1. The third-order valence-electron chi connectivity index (χ3n) is 2.84. The minimum absolute atomic E-state index is 0.269. The van der Waals surface area contributed by atoms with Crippen molar-refractivity contribution < 1.29 is 9.18 Å². The Labute approximate surface area is 121 Å². The molecule has 20 heavy (non-hydrogen) atoms. The van der Waals surface area contributed by atoms with Gasteiger partial charge in [-0.05, 0) is 40.9 Å². The quantitative estimate of drug-likeness (QED) is 0.853. The van der Waals surface area contributed by atoms with Gasteiger partial charge in [0, 0.05) is 13.1 Å². The molecule has 0 atom stereocenters. The maximum atomic E-state index is 13.8. The number of benzene rings is 1. The highest BCUT2D eigenvalue weighted by Gasteiger charge is 2.14. The number of hydrogen-bond acceptors (Lipinski definition) is 3. The lowest BCUT2D eigenvalue weighted by Crippen LogP contribution is -2.24. The van der Waals surface area contributed by atoms with Gasteiger partial charge in [0.2, 0.25) is 0 Å². The molecular formula is C15H17FN2OS. The number of anilines is 1. The first-order valence-corrected chi connectivity index (χ1v) is 7.48. The molecule has 0 saturated carbocycles. The van der Waals surface area contributed by atoms with E-state index >= 15 is 0 Å². The number of para-hydroxylation sites is 1. The first-order chi connectivity index (χ1) is 9.72. The van der Waals surface area contributed by atoms with E-state index < -0.39 is 5.82 Å². The summed E-state index contributed by atoms with van der Waals surface area (Å²) in [4.78, 5) is 12.2. The normalized spacial score (nSPS) is 10.3. The maximum absolute atomic E-state index is 13.8. The smallest absolute Gasteiger partial charge is 0.253 e. The monoisotopic (exact) mass is 292 g/mol. The molecule has 5 heteroatoms. The van der Waals surface area contributed by atoms with Crippen LogP contribution >= 0.6 is 11.3 Å². The molecule has 0 bridgehead atoms. The Balaban J connectivity index is 2.10. The number of halogens is 1. The van der Waals surface area contributed by atoms with Gasteiger partial charge in [-0.3, -0.25) is 4.79 Å². The van der Waals surface area contributed by atoms with Crippen molar-refractivity contribution in [2.45, 2.75) is 19.9 Å². The van der Waals surface area contributed by atoms with Crippen molar-refractivity contribution in [2.24, 2.45) is 0 Å². The number of hydrogen-bond donors (Lipinski definition) is 2. The SMILES string of the molecule is CCCNc1c(F)cccc1C(=O)NCc1ccsc1. The van der Waals surface area contributed by atoms with E-state index in [0.717, 1.165) is 12.0 Å². The van der Waals surface area contributed by atoms with E-state index in [2.05, 4.69) is 10.6 Å². The number of amides is 1. The van der Waals surface area contributed by atoms with E-state index in [1.165, 1.54) is 6.07 Å². The molecule has 1 heterocycles. The lowest BCUT2D eigenvalue weighted by molar-refractivity contribution is 0.0951. The number of thiophene rings is 1. The van der Waals surface area contributed by atoms with E-state index in [1.807, 2.05) is 23.8 Å². The molecule has 2 aromatic rings. The Morgan fingerprint density at radius 1 is 1.35 bits per heavy atom. The molecule has 0 aliphatic carbocycles. The fourth-order valence-electron chi connectivity index (χ4n) is 1.81. The largest absolute Gasteiger partial charge is 0.382 e. The van der Waals surface area contributed by atoms with Crippen molar-refractivity contribution in [2.75, 3.05) is 11.9 Å². The van der Waals surface area contributed by atoms with E-state index in [9.17, 15) is 9.18 Å². The number of carbonyl (C=O) groups excluding carboxylic acids is 1. The van der Waals surface area contributed by atoms with Crippen LogP contribution in [0.2, 0.25) is 0 Å². The van der Waals surface area contributed by atoms with Crippen LogP contribution in [0.1, 0.15) is 29.3 Å². The summed E-state index contributed by atoms with van der Waals surface area (Å²) >= 11 is 1.58. The van der Waals surface area contributed by atoms with E-state index in [1.54, 1.807) is 23.5 Å².